The van der Waals surface area contributed by atoms with Crippen molar-refractivity contribution in [1.82, 2.24) is 15.1 Å². The van der Waals surface area contributed by atoms with Crippen molar-refractivity contribution >= 4 is 54.8 Å². The molecule has 0 bridgehead atoms. The van der Waals surface area contributed by atoms with E-state index in [4.69, 9.17) is 5.84 Å². The molecule has 10 heteroatoms. The molecule has 2 aliphatic rings. The Kier molecular flexibility index (Phi) is 6.88. The van der Waals surface area contributed by atoms with Crippen molar-refractivity contribution in [3.8, 4) is 0 Å². The first-order valence-electron chi connectivity index (χ1n) is 9.68. The van der Waals surface area contributed by atoms with Crippen LogP contribution in [0.15, 0.2) is 36.9 Å². The maximum absolute atomic E-state index is 13.9. The van der Waals surface area contributed by atoms with Crippen molar-refractivity contribution < 1.29 is 9.18 Å². The normalized spacial score (nSPS) is 21.2. The van der Waals surface area contributed by atoms with E-state index in [-0.39, 0.29) is 17.8 Å². The third-order valence-corrected chi connectivity index (χ3v) is 8.14. The van der Waals surface area contributed by atoms with Crippen molar-refractivity contribution in [2.24, 2.45) is 10.9 Å². The number of nitrogens with one attached hydrogen (secondary N) is 1. The number of carbonyl (C=O) groups is 1. The number of nitrogens with two attached hydrogens (primary N) is 1. The van der Waals surface area contributed by atoms with Gasteiger partial charge in [-0.15, -0.1) is 11.3 Å². The highest BCUT2D eigenvalue weighted by Gasteiger charge is 2.35. The molecule has 1 saturated heterocycles. The second kappa shape index (κ2) is 9.44. The van der Waals surface area contributed by atoms with Gasteiger partial charge in [0.2, 0.25) is 5.91 Å². The molecule has 160 valence electrons. The van der Waals surface area contributed by atoms with Crippen LogP contribution in [-0.2, 0) is 11.3 Å². The summed E-state index contributed by atoms with van der Waals surface area (Å²) >= 11 is 8.71. The Hall–Kier alpha value is -1.33. The molecular weight excluding hydrogens is 537 g/mol. The van der Waals surface area contributed by atoms with E-state index in [1.165, 1.54) is 6.07 Å². The fourth-order valence-electron chi connectivity index (χ4n) is 4.02. The Labute approximate surface area is 195 Å². The highest BCUT2D eigenvalue weighted by Crippen LogP contribution is 2.46. The summed E-state index contributed by atoms with van der Waals surface area (Å²) < 4.78 is 15.8. The predicted molar refractivity (Wildman–Crippen MR) is 124 cm³/mol. The number of fused-ring (bicyclic) bond motifs is 1. The van der Waals surface area contributed by atoms with Gasteiger partial charge in [-0.1, -0.05) is 18.2 Å². The van der Waals surface area contributed by atoms with Gasteiger partial charge in [0.1, 0.15) is 5.82 Å². The Morgan fingerprint density at radius 3 is 2.60 bits per heavy atom. The summed E-state index contributed by atoms with van der Waals surface area (Å²) in [6, 6.07) is 6.76. The summed E-state index contributed by atoms with van der Waals surface area (Å²) in [6.45, 7) is 4.11. The van der Waals surface area contributed by atoms with E-state index < -0.39 is 0 Å². The van der Waals surface area contributed by atoms with Gasteiger partial charge in [0.15, 0.2) is 0 Å². The zero-order valence-electron chi connectivity index (χ0n) is 16.2. The van der Waals surface area contributed by atoms with E-state index in [1.54, 1.807) is 17.4 Å². The fraction of sp³-hybridized carbons (Fsp3) is 0.400. The summed E-state index contributed by atoms with van der Waals surface area (Å²) in [5.74, 6) is 5.38. The van der Waals surface area contributed by atoms with Crippen LogP contribution in [0.25, 0.3) is 0 Å². The summed E-state index contributed by atoms with van der Waals surface area (Å²) in [5, 5.41) is 7.04. The molecule has 2 aromatic rings. The Morgan fingerprint density at radius 1 is 1.20 bits per heavy atom. The van der Waals surface area contributed by atoms with E-state index in [0.717, 1.165) is 50.6 Å². The number of piperazine rings is 1. The lowest BCUT2D eigenvalue weighted by molar-refractivity contribution is -0.123. The second-order valence-corrected chi connectivity index (χ2v) is 11.1. The molecule has 1 atom stereocenters. The first kappa shape index (κ1) is 21.9. The van der Waals surface area contributed by atoms with Gasteiger partial charge < -0.3 is 11.2 Å². The minimum absolute atomic E-state index is 0.0130. The molecule has 1 aromatic carbocycles. The molecule has 1 aromatic heterocycles. The number of nitrogens with zero attached hydrogens (tertiary/aromatic N) is 3. The van der Waals surface area contributed by atoms with Crippen molar-refractivity contribution in [2.75, 3.05) is 32.7 Å². The quantitative estimate of drug-likeness (QED) is 0.435. The van der Waals surface area contributed by atoms with E-state index in [2.05, 4.69) is 52.1 Å². The predicted octanol–water partition coefficient (Wildman–Crippen LogP) is 3.45. The average Bonchev–Trinajstić information content (AvgIpc) is 3.23. The lowest BCUT2D eigenvalue weighted by atomic mass is 10.1. The molecule has 1 aliphatic carbocycles. The highest BCUT2D eigenvalue weighted by molar-refractivity contribution is 9.12. The first-order chi connectivity index (χ1) is 14.5. The fourth-order valence-corrected chi connectivity index (χ4v) is 7.40. The van der Waals surface area contributed by atoms with Gasteiger partial charge in [-0.3, -0.25) is 14.6 Å². The molecule has 1 aliphatic heterocycles. The van der Waals surface area contributed by atoms with Crippen LogP contribution >= 0.6 is 43.2 Å². The van der Waals surface area contributed by atoms with Crippen LogP contribution in [0.1, 0.15) is 29.2 Å². The first-order valence-corrected chi connectivity index (χ1v) is 12.1. The van der Waals surface area contributed by atoms with Gasteiger partial charge in [-0.2, -0.15) is 5.10 Å². The van der Waals surface area contributed by atoms with Crippen molar-refractivity contribution in [3.63, 3.8) is 0 Å². The smallest absolute Gasteiger partial charge is 0.234 e. The highest BCUT2D eigenvalue weighted by atomic mass is 79.9. The van der Waals surface area contributed by atoms with Crippen molar-refractivity contribution in [2.45, 2.75) is 19.0 Å². The zero-order chi connectivity index (χ0) is 21.3. The number of hydrogen-bond acceptors (Lipinski definition) is 6. The lowest BCUT2D eigenvalue weighted by Gasteiger charge is -2.34. The maximum Gasteiger partial charge on any atom is 0.234 e. The van der Waals surface area contributed by atoms with Gasteiger partial charge in [-0.25, -0.2) is 4.39 Å². The van der Waals surface area contributed by atoms with Gasteiger partial charge in [0.05, 0.1) is 25.9 Å². The number of halogens is 3. The molecule has 4 rings (SSSR count). The molecule has 0 radical (unpaired) electrons. The van der Waals surface area contributed by atoms with E-state index in [9.17, 15) is 9.18 Å². The van der Waals surface area contributed by atoms with E-state index in [1.807, 2.05) is 12.1 Å². The molecular formula is C20H22Br2FN5OS. The van der Waals surface area contributed by atoms with Crippen LogP contribution in [0.3, 0.4) is 0 Å². The Balaban J connectivity index is 1.30. The van der Waals surface area contributed by atoms with Crippen molar-refractivity contribution in [1.29, 1.82) is 0 Å². The molecule has 1 unspecified atom stereocenters. The van der Waals surface area contributed by atoms with Crippen LogP contribution < -0.4 is 11.2 Å². The molecule has 1 amide bonds. The summed E-state index contributed by atoms with van der Waals surface area (Å²) in [7, 11) is 0. The minimum atomic E-state index is -0.165. The molecule has 0 spiro atoms. The summed E-state index contributed by atoms with van der Waals surface area (Å²) in [4.78, 5) is 17.1. The van der Waals surface area contributed by atoms with Gasteiger partial charge in [0.25, 0.3) is 0 Å². The topological polar surface area (TPSA) is 74.0 Å². The molecule has 6 nitrogen and oxygen atoms in total. The lowest BCUT2D eigenvalue weighted by Crippen LogP contribution is -2.49. The molecule has 3 N–H and O–H groups in total. The molecule has 2 heterocycles. The second-order valence-electron chi connectivity index (χ2n) is 7.48. The molecule has 30 heavy (non-hydrogen) atoms. The number of hydrogen-bond donors (Lipinski definition) is 2. The van der Waals surface area contributed by atoms with Gasteiger partial charge >= 0.3 is 0 Å². The Bertz CT molecular complexity index is 974. The molecule has 0 saturated carbocycles. The number of rotatable bonds is 5. The standard InChI is InChI=1S/C20H22Br2FN5OS/c21-19-17-14(9-15(26-24)18(17)20(22)30-19)25-16(29)11-28-7-5-27(6-8-28)10-12-3-1-2-4-13(12)23/h1-4,14H,5-11,24H2,(H,25,29)/b26-15+. The van der Waals surface area contributed by atoms with Crippen molar-refractivity contribution in [3.05, 3.63) is 54.3 Å². The van der Waals surface area contributed by atoms with Crippen LogP contribution in [0, 0.1) is 5.82 Å². The van der Waals surface area contributed by atoms with Crippen LogP contribution in [0.4, 0.5) is 4.39 Å². The largest absolute Gasteiger partial charge is 0.348 e. The monoisotopic (exact) mass is 557 g/mol. The van der Waals surface area contributed by atoms with Crippen LogP contribution in [-0.4, -0.2) is 54.1 Å². The van der Waals surface area contributed by atoms with Crippen LogP contribution in [0.2, 0.25) is 0 Å². The molecule has 1 fully saturated rings. The van der Waals surface area contributed by atoms with Gasteiger partial charge in [-0.05, 0) is 37.9 Å². The minimum Gasteiger partial charge on any atom is -0.348 e. The summed E-state index contributed by atoms with van der Waals surface area (Å²) in [6.07, 6.45) is 0.591. The third kappa shape index (κ3) is 4.62. The summed E-state index contributed by atoms with van der Waals surface area (Å²) in [5.41, 5.74) is 3.54. The number of benzene rings is 1. The number of amides is 1. The number of hydrazone groups is 1. The average molecular weight is 559 g/mol. The third-order valence-electron chi connectivity index (χ3n) is 5.57. The SMILES string of the molecule is N/N=C1\CC(NC(=O)CN2CCN(Cc3ccccc3F)CC2)c2c(Br)sc(Br)c21. The Morgan fingerprint density at radius 2 is 1.90 bits per heavy atom. The number of thiophene rings is 1. The van der Waals surface area contributed by atoms with E-state index in [0.29, 0.717) is 25.1 Å². The van der Waals surface area contributed by atoms with Gasteiger partial charge in [0, 0.05) is 55.8 Å². The van der Waals surface area contributed by atoms with E-state index >= 15 is 0 Å². The maximum atomic E-state index is 13.9. The zero-order valence-corrected chi connectivity index (χ0v) is 20.2. The number of carbonyl (C=O) groups excluding carboxylic acids is 1. The van der Waals surface area contributed by atoms with Crippen LogP contribution in [0.5, 0.6) is 0 Å².